The molecule has 1 N–H and O–H groups in total. The fourth-order valence-electron chi connectivity index (χ4n) is 3.24. The van der Waals surface area contributed by atoms with Crippen LogP contribution in [0.15, 0.2) is 53.1 Å². The zero-order chi connectivity index (χ0) is 16.0. The van der Waals surface area contributed by atoms with Crippen molar-refractivity contribution in [1.82, 2.24) is 14.9 Å². The summed E-state index contributed by atoms with van der Waals surface area (Å²) >= 11 is 3.42. The number of nitrogens with zero attached hydrogens (tertiary/aromatic N) is 2. The number of carbonyl (C=O) groups excluding carboxylic acids is 1. The van der Waals surface area contributed by atoms with Gasteiger partial charge in [0.05, 0.1) is 11.6 Å². The number of rotatable bonds is 2. The maximum Gasteiger partial charge on any atom is 0.200 e. The number of hydrogen-bond acceptors (Lipinski definition) is 3. The predicted octanol–water partition coefficient (Wildman–Crippen LogP) is 3.56. The van der Waals surface area contributed by atoms with Crippen LogP contribution in [0.1, 0.15) is 34.6 Å². The second-order valence-electron chi connectivity index (χ2n) is 5.95. The average Bonchev–Trinajstić information content (AvgIpc) is 2.97. The Morgan fingerprint density at radius 1 is 1.30 bits per heavy atom. The van der Waals surface area contributed by atoms with Gasteiger partial charge in [-0.15, -0.1) is 0 Å². The Balaban J connectivity index is 1.66. The topological polar surface area (TPSA) is 46.4 Å². The standard InChI is InChI=1S/C18H16BrN3O/c1-11-15-5-3-2-4-12(15)8-16(20-11)18(23)17-9-14-7-6-13(19)10-22(14)21-17/h2-7,9-11,16,20H,8H2,1H3/t11-,16?/m1/s1. The molecule has 116 valence electrons. The molecule has 3 aromatic rings. The molecule has 3 heterocycles. The van der Waals surface area contributed by atoms with E-state index in [1.807, 2.05) is 36.5 Å². The second kappa shape index (κ2) is 5.58. The summed E-state index contributed by atoms with van der Waals surface area (Å²) in [6.07, 6.45) is 2.56. The molecule has 1 unspecified atom stereocenters. The second-order valence-corrected chi connectivity index (χ2v) is 6.87. The lowest BCUT2D eigenvalue weighted by atomic mass is 9.89. The van der Waals surface area contributed by atoms with Crippen LogP contribution in [0.25, 0.3) is 5.52 Å². The van der Waals surface area contributed by atoms with Gasteiger partial charge < -0.3 is 5.32 Å². The molecule has 0 radical (unpaired) electrons. The summed E-state index contributed by atoms with van der Waals surface area (Å²) in [5.74, 6) is 0.0474. The van der Waals surface area contributed by atoms with Crippen molar-refractivity contribution in [2.45, 2.75) is 25.4 Å². The molecule has 2 aromatic heterocycles. The molecule has 23 heavy (non-hydrogen) atoms. The third-order valence-electron chi connectivity index (χ3n) is 4.39. The van der Waals surface area contributed by atoms with Gasteiger partial charge in [-0.1, -0.05) is 24.3 Å². The highest BCUT2D eigenvalue weighted by Crippen LogP contribution is 2.26. The number of hydrogen-bond donors (Lipinski definition) is 1. The van der Waals surface area contributed by atoms with Gasteiger partial charge in [-0.3, -0.25) is 4.79 Å². The van der Waals surface area contributed by atoms with E-state index in [1.165, 1.54) is 11.1 Å². The summed E-state index contributed by atoms with van der Waals surface area (Å²) < 4.78 is 2.67. The molecule has 0 amide bonds. The highest BCUT2D eigenvalue weighted by molar-refractivity contribution is 9.10. The summed E-state index contributed by atoms with van der Waals surface area (Å²) in [5.41, 5.74) is 3.94. The molecule has 1 aliphatic rings. The maximum atomic E-state index is 12.9. The molecular formula is C18H16BrN3O. The van der Waals surface area contributed by atoms with E-state index >= 15 is 0 Å². The number of fused-ring (bicyclic) bond motifs is 2. The quantitative estimate of drug-likeness (QED) is 0.702. The average molecular weight is 370 g/mol. The third kappa shape index (κ3) is 2.60. The van der Waals surface area contributed by atoms with Crippen molar-refractivity contribution in [1.29, 1.82) is 0 Å². The first kappa shape index (κ1) is 14.6. The molecule has 0 saturated heterocycles. The van der Waals surface area contributed by atoms with E-state index in [-0.39, 0.29) is 17.9 Å². The number of benzene rings is 1. The normalized spacial score (nSPS) is 20.4. The fourth-order valence-corrected chi connectivity index (χ4v) is 3.57. The van der Waals surface area contributed by atoms with Gasteiger partial charge in [-0.05, 0) is 58.6 Å². The van der Waals surface area contributed by atoms with Gasteiger partial charge in [0, 0.05) is 16.7 Å². The number of nitrogens with one attached hydrogen (secondary N) is 1. The summed E-state index contributed by atoms with van der Waals surface area (Å²) in [7, 11) is 0. The molecule has 2 atom stereocenters. The molecule has 4 nitrogen and oxygen atoms in total. The zero-order valence-corrected chi connectivity index (χ0v) is 14.2. The Hall–Kier alpha value is -1.98. The lowest BCUT2D eigenvalue weighted by Crippen LogP contribution is -2.44. The van der Waals surface area contributed by atoms with Crippen molar-refractivity contribution in [3.8, 4) is 0 Å². The molecule has 1 aromatic carbocycles. The summed E-state index contributed by atoms with van der Waals surface area (Å²) in [6.45, 7) is 2.10. The summed E-state index contributed by atoms with van der Waals surface area (Å²) in [5, 5.41) is 7.85. The molecule has 0 saturated carbocycles. The van der Waals surface area contributed by atoms with Crippen molar-refractivity contribution in [3.05, 3.63) is 70.0 Å². The molecule has 0 fully saturated rings. The smallest absolute Gasteiger partial charge is 0.200 e. The number of aromatic nitrogens is 2. The van der Waals surface area contributed by atoms with Crippen LogP contribution < -0.4 is 5.32 Å². The van der Waals surface area contributed by atoms with Crippen LogP contribution in [0, 0.1) is 0 Å². The Bertz CT molecular complexity index is 902. The van der Waals surface area contributed by atoms with E-state index in [4.69, 9.17) is 0 Å². The Morgan fingerprint density at radius 2 is 2.13 bits per heavy atom. The fraction of sp³-hybridized carbons (Fsp3) is 0.222. The summed E-state index contributed by atoms with van der Waals surface area (Å²) in [4.78, 5) is 12.9. The van der Waals surface area contributed by atoms with Gasteiger partial charge in [-0.2, -0.15) is 5.10 Å². The number of Topliss-reactive ketones (excluding diaryl/α,β-unsaturated/α-hetero) is 1. The highest BCUT2D eigenvalue weighted by atomic mass is 79.9. The van der Waals surface area contributed by atoms with Crippen LogP contribution >= 0.6 is 15.9 Å². The predicted molar refractivity (Wildman–Crippen MR) is 92.7 cm³/mol. The molecule has 0 spiro atoms. The molecule has 5 heteroatoms. The lowest BCUT2D eigenvalue weighted by molar-refractivity contribution is 0.0926. The molecule has 4 rings (SSSR count). The van der Waals surface area contributed by atoms with Crippen LogP contribution in [0.4, 0.5) is 0 Å². The van der Waals surface area contributed by atoms with Gasteiger partial charge in [0.25, 0.3) is 0 Å². The minimum Gasteiger partial charge on any atom is -0.300 e. The van der Waals surface area contributed by atoms with E-state index < -0.39 is 0 Å². The third-order valence-corrected chi connectivity index (χ3v) is 4.86. The van der Waals surface area contributed by atoms with Crippen LogP contribution in [0.2, 0.25) is 0 Å². The van der Waals surface area contributed by atoms with E-state index in [0.717, 1.165) is 9.99 Å². The van der Waals surface area contributed by atoms with E-state index in [2.05, 4.69) is 45.4 Å². The molecular weight excluding hydrogens is 354 g/mol. The lowest BCUT2D eigenvalue weighted by Gasteiger charge is -2.30. The van der Waals surface area contributed by atoms with Crippen molar-refractivity contribution in [2.24, 2.45) is 0 Å². The minimum atomic E-state index is -0.228. The minimum absolute atomic E-state index is 0.0474. The number of carbonyl (C=O) groups is 1. The number of ketones is 1. The van der Waals surface area contributed by atoms with E-state index in [9.17, 15) is 4.79 Å². The first-order chi connectivity index (χ1) is 11.1. The first-order valence-electron chi connectivity index (χ1n) is 7.65. The van der Waals surface area contributed by atoms with Crippen LogP contribution in [-0.4, -0.2) is 21.4 Å². The SMILES string of the molecule is C[C@H]1NC(C(=O)c2cc3ccc(Br)cn3n2)Cc2ccccc21. The van der Waals surface area contributed by atoms with Gasteiger partial charge in [-0.25, -0.2) is 4.52 Å². The molecule has 1 aliphatic heterocycles. The molecule has 0 aliphatic carbocycles. The monoisotopic (exact) mass is 369 g/mol. The molecule has 0 bridgehead atoms. The van der Waals surface area contributed by atoms with Crippen molar-refractivity contribution < 1.29 is 4.79 Å². The zero-order valence-electron chi connectivity index (χ0n) is 12.7. The Kier molecular flexibility index (Phi) is 3.54. The Morgan fingerprint density at radius 3 is 3.00 bits per heavy atom. The highest BCUT2D eigenvalue weighted by Gasteiger charge is 2.29. The van der Waals surface area contributed by atoms with Crippen LogP contribution in [0.5, 0.6) is 0 Å². The maximum absolute atomic E-state index is 12.9. The Labute approximate surface area is 142 Å². The van der Waals surface area contributed by atoms with Gasteiger partial charge in [0.2, 0.25) is 0 Å². The number of pyridine rings is 1. The van der Waals surface area contributed by atoms with Gasteiger partial charge >= 0.3 is 0 Å². The van der Waals surface area contributed by atoms with Gasteiger partial charge in [0.1, 0.15) is 5.69 Å². The van der Waals surface area contributed by atoms with Crippen LogP contribution in [0.3, 0.4) is 0 Å². The number of halogens is 1. The largest absolute Gasteiger partial charge is 0.300 e. The first-order valence-corrected chi connectivity index (χ1v) is 8.44. The van der Waals surface area contributed by atoms with Crippen molar-refractivity contribution in [3.63, 3.8) is 0 Å². The van der Waals surface area contributed by atoms with Crippen molar-refractivity contribution >= 4 is 27.2 Å². The van der Waals surface area contributed by atoms with E-state index in [0.29, 0.717) is 12.1 Å². The van der Waals surface area contributed by atoms with Gasteiger partial charge in [0.15, 0.2) is 5.78 Å². The van der Waals surface area contributed by atoms with Crippen molar-refractivity contribution in [2.75, 3.05) is 0 Å². The van der Waals surface area contributed by atoms with E-state index in [1.54, 1.807) is 4.52 Å². The summed E-state index contributed by atoms with van der Waals surface area (Å²) in [6, 6.07) is 14.0. The van der Waals surface area contributed by atoms with Crippen LogP contribution in [-0.2, 0) is 6.42 Å².